The summed E-state index contributed by atoms with van der Waals surface area (Å²) in [5.41, 5.74) is 1.80. The Hall–Kier alpha value is -0.650. The lowest BCUT2D eigenvalue weighted by molar-refractivity contribution is -0.121. The molecule has 2 rings (SSSR count). The summed E-state index contributed by atoms with van der Waals surface area (Å²) >= 11 is 0. The zero-order chi connectivity index (χ0) is 14.4. The number of carbonyl (C=O) groups excluding carboxylic acids is 1. The summed E-state index contributed by atoms with van der Waals surface area (Å²) in [6, 6.07) is 0. The van der Waals surface area contributed by atoms with E-state index >= 15 is 0 Å². The number of fused-ring (bicyclic) bond motifs is 1. The van der Waals surface area contributed by atoms with Crippen molar-refractivity contribution in [3.05, 3.63) is 0 Å². The average Bonchev–Trinajstić information content (AvgIpc) is 2.46. The van der Waals surface area contributed by atoms with Gasteiger partial charge in [-0.1, -0.05) is 19.3 Å². The van der Waals surface area contributed by atoms with Crippen LogP contribution in [-0.2, 0) is 4.79 Å². The van der Waals surface area contributed by atoms with Crippen molar-refractivity contribution in [3.63, 3.8) is 0 Å². The van der Waals surface area contributed by atoms with Crippen LogP contribution in [-0.4, -0.2) is 41.1 Å². The predicted octanol–water partition coefficient (Wildman–Crippen LogP) is 1.16. The average molecular weight is 283 g/mol. The van der Waals surface area contributed by atoms with Gasteiger partial charge in [0.15, 0.2) is 0 Å². The fraction of sp³-hybridized carbons (Fsp3) is 0.933. The molecule has 1 aliphatic carbocycles. The minimum atomic E-state index is -0.367. The Bertz CT molecular complexity index is 324. The van der Waals surface area contributed by atoms with Crippen molar-refractivity contribution in [2.24, 2.45) is 11.8 Å². The fourth-order valence-corrected chi connectivity index (χ4v) is 3.71. The Morgan fingerprint density at radius 2 is 2.15 bits per heavy atom. The lowest BCUT2D eigenvalue weighted by Gasteiger charge is -2.47. The lowest BCUT2D eigenvalue weighted by Crippen LogP contribution is -2.53. The normalized spacial score (nSPS) is 30.8. The van der Waals surface area contributed by atoms with E-state index < -0.39 is 0 Å². The number of nitrogens with zero attached hydrogens (tertiary/aromatic N) is 1. The number of nitrogens with one attached hydrogen (secondary N) is 1. The fourth-order valence-electron chi connectivity index (χ4n) is 3.71. The molecule has 5 heteroatoms. The van der Waals surface area contributed by atoms with Gasteiger partial charge in [0.25, 0.3) is 0 Å². The molecule has 5 nitrogen and oxygen atoms in total. The zero-order valence-electron chi connectivity index (χ0n) is 12.4. The van der Waals surface area contributed by atoms with Gasteiger partial charge in [-0.05, 0) is 38.6 Å². The lowest BCUT2D eigenvalue weighted by atomic mass is 9.71. The molecule has 2 unspecified atom stereocenters. The standard InChI is InChI=1S/C15H29N3O2/c16-17-14(19)7-2-1-5-10-18-11-9-15(20)8-4-3-6-13(15)12-18/h13,20H,1-12,16H2,(H,17,19). The Kier molecular flexibility index (Phi) is 5.81. The number of hydrazine groups is 1. The van der Waals surface area contributed by atoms with Crippen LogP contribution in [0.3, 0.4) is 0 Å². The van der Waals surface area contributed by atoms with E-state index in [1.165, 1.54) is 19.3 Å². The van der Waals surface area contributed by atoms with Crippen molar-refractivity contribution in [2.45, 2.75) is 63.4 Å². The van der Waals surface area contributed by atoms with Crippen LogP contribution in [0, 0.1) is 5.92 Å². The Labute approximate surface area is 121 Å². The molecule has 0 aromatic rings. The van der Waals surface area contributed by atoms with Gasteiger partial charge in [0.1, 0.15) is 0 Å². The highest BCUT2D eigenvalue weighted by atomic mass is 16.3. The van der Waals surface area contributed by atoms with Crippen LogP contribution >= 0.6 is 0 Å². The van der Waals surface area contributed by atoms with Crippen LogP contribution in [0.2, 0.25) is 0 Å². The van der Waals surface area contributed by atoms with Crippen molar-refractivity contribution in [2.75, 3.05) is 19.6 Å². The first-order chi connectivity index (χ1) is 9.64. The van der Waals surface area contributed by atoms with Crippen LogP contribution < -0.4 is 11.3 Å². The number of aliphatic hydroxyl groups is 1. The van der Waals surface area contributed by atoms with Crippen LogP contribution in [0.4, 0.5) is 0 Å². The highest BCUT2D eigenvalue weighted by molar-refractivity contribution is 5.74. The Morgan fingerprint density at radius 3 is 2.95 bits per heavy atom. The minimum Gasteiger partial charge on any atom is -0.390 e. The number of hydrogen-bond acceptors (Lipinski definition) is 4. The first-order valence-corrected chi connectivity index (χ1v) is 8.08. The molecule has 1 amide bonds. The van der Waals surface area contributed by atoms with E-state index in [2.05, 4.69) is 10.3 Å². The molecular weight excluding hydrogens is 254 g/mol. The van der Waals surface area contributed by atoms with Crippen molar-refractivity contribution in [3.8, 4) is 0 Å². The molecular formula is C15H29N3O2. The Morgan fingerprint density at radius 1 is 1.30 bits per heavy atom. The summed E-state index contributed by atoms with van der Waals surface area (Å²) in [4.78, 5) is 13.5. The summed E-state index contributed by atoms with van der Waals surface area (Å²) in [5, 5.41) is 10.6. The largest absolute Gasteiger partial charge is 0.390 e. The van der Waals surface area contributed by atoms with Crippen LogP contribution in [0.15, 0.2) is 0 Å². The Balaban J connectivity index is 1.62. The number of likely N-dealkylation sites (tertiary alicyclic amines) is 1. The highest BCUT2D eigenvalue weighted by Crippen LogP contribution is 2.39. The first kappa shape index (κ1) is 15.7. The van der Waals surface area contributed by atoms with Crippen molar-refractivity contribution >= 4 is 5.91 Å². The van der Waals surface area contributed by atoms with Crippen LogP contribution in [0.1, 0.15) is 57.8 Å². The molecule has 4 N–H and O–H groups in total. The van der Waals surface area contributed by atoms with Gasteiger partial charge < -0.3 is 10.0 Å². The summed E-state index contributed by atoms with van der Waals surface area (Å²) in [6.07, 6.45) is 9.22. The number of carbonyl (C=O) groups is 1. The van der Waals surface area contributed by atoms with E-state index in [1.807, 2.05) is 0 Å². The van der Waals surface area contributed by atoms with Gasteiger partial charge in [-0.3, -0.25) is 10.2 Å². The monoisotopic (exact) mass is 283 g/mol. The van der Waals surface area contributed by atoms with Gasteiger partial charge in [0.2, 0.25) is 5.91 Å². The zero-order valence-corrected chi connectivity index (χ0v) is 12.4. The third kappa shape index (κ3) is 4.17. The predicted molar refractivity (Wildman–Crippen MR) is 78.8 cm³/mol. The molecule has 0 aromatic heterocycles. The number of piperidine rings is 1. The minimum absolute atomic E-state index is 0.0738. The molecule has 0 spiro atoms. The molecule has 20 heavy (non-hydrogen) atoms. The molecule has 0 radical (unpaired) electrons. The van der Waals surface area contributed by atoms with E-state index in [9.17, 15) is 9.90 Å². The van der Waals surface area contributed by atoms with Gasteiger partial charge >= 0.3 is 0 Å². The second-order valence-electron chi connectivity index (χ2n) is 6.48. The third-order valence-electron chi connectivity index (χ3n) is 5.05. The summed E-state index contributed by atoms with van der Waals surface area (Å²) < 4.78 is 0. The van der Waals surface area contributed by atoms with E-state index in [4.69, 9.17) is 5.84 Å². The number of rotatable bonds is 6. The smallest absolute Gasteiger partial charge is 0.233 e. The van der Waals surface area contributed by atoms with Gasteiger partial charge in [0, 0.05) is 25.4 Å². The van der Waals surface area contributed by atoms with E-state index in [0.29, 0.717) is 12.3 Å². The van der Waals surface area contributed by atoms with E-state index in [1.54, 1.807) is 0 Å². The number of nitrogens with two attached hydrogens (primary N) is 1. The second-order valence-corrected chi connectivity index (χ2v) is 6.48. The number of amides is 1. The summed E-state index contributed by atoms with van der Waals surface area (Å²) in [5.74, 6) is 5.45. The summed E-state index contributed by atoms with van der Waals surface area (Å²) in [6.45, 7) is 3.17. The van der Waals surface area contributed by atoms with Gasteiger partial charge in [-0.25, -0.2) is 5.84 Å². The van der Waals surface area contributed by atoms with Gasteiger partial charge in [-0.15, -0.1) is 0 Å². The van der Waals surface area contributed by atoms with Gasteiger partial charge in [-0.2, -0.15) is 0 Å². The molecule has 1 saturated carbocycles. The van der Waals surface area contributed by atoms with Gasteiger partial charge in [0.05, 0.1) is 5.60 Å². The molecule has 2 aliphatic rings. The molecule has 0 aromatic carbocycles. The molecule has 2 fully saturated rings. The molecule has 116 valence electrons. The molecule has 0 bridgehead atoms. The molecule has 2 atom stereocenters. The van der Waals surface area contributed by atoms with Crippen molar-refractivity contribution in [1.29, 1.82) is 0 Å². The quantitative estimate of drug-likeness (QED) is 0.296. The van der Waals surface area contributed by atoms with Crippen molar-refractivity contribution in [1.82, 2.24) is 10.3 Å². The summed E-state index contributed by atoms with van der Waals surface area (Å²) in [7, 11) is 0. The second kappa shape index (κ2) is 7.38. The van der Waals surface area contributed by atoms with Crippen molar-refractivity contribution < 1.29 is 9.90 Å². The van der Waals surface area contributed by atoms with Crippen LogP contribution in [0.25, 0.3) is 0 Å². The maximum absolute atomic E-state index is 11.0. The molecule has 1 aliphatic heterocycles. The number of unbranched alkanes of at least 4 members (excludes halogenated alkanes) is 2. The van der Waals surface area contributed by atoms with E-state index in [-0.39, 0.29) is 11.5 Å². The highest BCUT2D eigenvalue weighted by Gasteiger charge is 2.42. The molecule has 1 saturated heterocycles. The third-order valence-corrected chi connectivity index (χ3v) is 5.05. The van der Waals surface area contributed by atoms with E-state index in [0.717, 1.165) is 51.7 Å². The molecule has 1 heterocycles. The first-order valence-electron chi connectivity index (χ1n) is 8.08. The maximum Gasteiger partial charge on any atom is 0.233 e. The number of hydrogen-bond donors (Lipinski definition) is 3. The maximum atomic E-state index is 11.0. The topological polar surface area (TPSA) is 78.6 Å². The van der Waals surface area contributed by atoms with Crippen LogP contribution in [0.5, 0.6) is 0 Å². The SMILES string of the molecule is NNC(=O)CCCCCN1CCC2(O)CCCCC2C1.